The van der Waals surface area contributed by atoms with Gasteiger partial charge < -0.3 is 62.0 Å². The number of rotatable bonds is 18. The number of aryl methyl sites for hydroxylation is 3. The molecule has 9 aromatic heterocycles. The molecular weight excluding hydrogens is 2170 g/mol. The topological polar surface area (TPSA) is 348 Å². The van der Waals surface area contributed by atoms with Crippen molar-refractivity contribution in [2.24, 2.45) is 79.3 Å². The number of hydrogen-bond acceptors (Lipinski definition) is 31. The van der Waals surface area contributed by atoms with Gasteiger partial charge in [-0.3, -0.25) is 47.9 Å². The zero-order valence-electron chi connectivity index (χ0n) is 81.3. The largest absolute Gasteiger partial charge is 1.00 e. The van der Waals surface area contributed by atoms with Gasteiger partial charge >= 0.3 is 126 Å². The number of azo groups is 2. The summed E-state index contributed by atoms with van der Waals surface area (Å²) in [6, 6.07) is 25.7. The van der Waals surface area contributed by atoms with Gasteiger partial charge in [0.2, 0.25) is 5.91 Å². The second-order valence-corrected chi connectivity index (χ2v) is 43.5. The van der Waals surface area contributed by atoms with Gasteiger partial charge in [-0.1, -0.05) is 79.1 Å². The van der Waals surface area contributed by atoms with E-state index < -0.39 is 17.0 Å². The second-order valence-electron chi connectivity index (χ2n) is 34.7. The number of halogens is 5. The van der Waals surface area contributed by atoms with Gasteiger partial charge in [0.05, 0.1) is 62.8 Å². The number of carboxylic acid groups (broad SMARTS) is 1. The second kappa shape index (κ2) is 63.0. The molecule has 1 amide bonds. The number of esters is 2. The van der Waals surface area contributed by atoms with Crippen molar-refractivity contribution in [2.75, 3.05) is 159 Å². The number of aromatic nitrogens is 6. The van der Waals surface area contributed by atoms with E-state index in [9.17, 15) is 24.0 Å². The molecule has 10 aliphatic rings. The molecule has 20 rings (SSSR count). The van der Waals surface area contributed by atoms with Gasteiger partial charge in [-0.15, -0.1) is 61.4 Å². The SMILES string of the molecule is Brc1ccsc1.C.CC#N.CC(Cl)OC(=O)Cl.CC1CCC(N)CC1.CC1CCC(NC(=O)[C@@H]2CC2CN2CCN(c3nn(C)c4ccsc34)CC2)CC1.COC(=O)[C@@H]1CC1CN1CCN(c2nn(C)c3ccsc23)CC1.COC(=O)[C@@H]1C[C@H]1CBr.C[N+]1=Nc2ccsc2C1N1CCN(Cc2ccccc2)CC1.Cn1nc(N2CCNCC2)c2sccc21.O=C(O)c1sccc1Br.O=CO[O-].[H-].[K+].[K+]. The molecule has 10 aromatic rings. The predicted octanol–water partition coefficient (Wildman–Crippen LogP) is 12.1. The number of carbonyl (C=O) groups excluding carboxylic acids is 5. The van der Waals surface area contributed by atoms with Crippen LogP contribution >= 0.6 is 139 Å². The Morgan fingerprint density at radius 3 is 1.49 bits per heavy atom. The number of alkyl halides is 2. The van der Waals surface area contributed by atoms with E-state index in [1.807, 2.05) is 63.4 Å². The number of piperazine rings is 4. The fraction of sp³-hybridized carbons (Fsp3) is 0.574. The summed E-state index contributed by atoms with van der Waals surface area (Å²) in [7, 11) is 11.1. The van der Waals surface area contributed by atoms with Crippen molar-refractivity contribution in [1.29, 1.82) is 5.26 Å². The standard InChI is InChI=1S/C22H33N5OS.C17H21N4S.C16H22N4O2S.C10H14N4S.C7H15N.C6H9BrO2.C5H3BrO2S.C4H3BrS.C3H4Cl2O2.C2H3N.CH2O3.CH4.2K.H/c1-15-3-5-17(6-4-15)23-22(28)18-13-16(18)14-26-8-10-27(11-9-26)21-20-19(7-12-29-20)25(2)24-21;1-19-17(16-15(18-19)7-12-22-16)21-10-8-20(9-11-21)13-14-5-3-2-4-6-14;1-18-13-3-8-23-14(13)15(17-18)20-6-4-19(5-7-20)10-11-9-12(11)16(21)22-2;1-13-8-2-7-15-9(8)10(12-13)14-5-3-11-4-6-14;1-6-2-4-7(8)5-3-6;1-9-6(8)5-2-4(5)3-7;6-3-1-2-9-4(3)5(7)8;5-4-1-2-6-3-4;1-2(4)7-3(5)6;1-2-3;2-1-4-3;;;;/h7,12,15-18H,3-6,8-11,13-14H2,1-2H3,(H,23,28);2-7,12,17H,8-11,13H2,1H3;3,8,11-12H,4-7,9-10H2,1-2H3;2,7,11H,3-6H2,1H3;6-7H,2-5,8H2,1H3;4-5H,2-3H2,1H3;1-2H,(H,7,8);1-3H;2H,1H3;1H3;1,3H;1H4;;;/q;+1;;;;;;;;;;;2*+1;-1/p-1/t15?,16?,17?,18-;;11?,12-;;;4-,5+;;;;;;;;;/m1.1..0........./s1. The van der Waals surface area contributed by atoms with E-state index in [0.717, 1.165) is 197 Å². The smallest absolute Gasteiger partial charge is 1.00 e. The first-order valence-corrected chi connectivity index (χ1v) is 54.5. The minimum absolute atomic E-state index is 0. The maximum absolute atomic E-state index is 12.6. The summed E-state index contributed by atoms with van der Waals surface area (Å²) in [6.45, 7) is 27.5. The van der Waals surface area contributed by atoms with E-state index in [2.05, 4.69) is 219 Å². The summed E-state index contributed by atoms with van der Waals surface area (Å²) in [5, 5.41) is 64.9. The zero-order valence-corrected chi connectivity index (χ0v) is 97.7. The fourth-order valence-electron chi connectivity index (χ4n) is 17.1. The van der Waals surface area contributed by atoms with E-state index in [1.165, 1.54) is 123 Å². The van der Waals surface area contributed by atoms with Gasteiger partial charge in [0, 0.05) is 202 Å². The van der Waals surface area contributed by atoms with Crippen LogP contribution in [0.1, 0.15) is 133 Å². The summed E-state index contributed by atoms with van der Waals surface area (Å²) < 4.78 is 27.3. The summed E-state index contributed by atoms with van der Waals surface area (Å²) in [4.78, 5) is 85.1. The number of nitrogens with zero attached hydrogens (tertiary/aromatic N) is 16. The molecule has 5 aliphatic heterocycles. The Morgan fingerprint density at radius 2 is 1.09 bits per heavy atom. The number of methoxy groups -OCH3 is 2. The maximum atomic E-state index is 12.6. The molecule has 748 valence electrons. The van der Waals surface area contributed by atoms with Crippen molar-refractivity contribution < 1.29 is 167 Å². The minimum Gasteiger partial charge on any atom is -1.00 e. The van der Waals surface area contributed by atoms with Crippen LogP contribution in [0.4, 0.5) is 27.9 Å². The van der Waals surface area contributed by atoms with Crippen LogP contribution in [0, 0.1) is 58.7 Å². The molecule has 1 aromatic carbocycles. The average molecular weight is 2300 g/mol. The third kappa shape index (κ3) is 38.1. The number of hydrogen-bond donors (Lipinski definition) is 4. The van der Waals surface area contributed by atoms with Crippen LogP contribution in [0.3, 0.4) is 0 Å². The molecule has 5 N–H and O–H groups in total. The number of fused-ring (bicyclic) bond motifs is 4. The molecule has 4 unspecified atom stereocenters. The van der Waals surface area contributed by atoms with E-state index in [4.69, 9.17) is 64.3 Å². The number of nitriles is 1. The summed E-state index contributed by atoms with van der Waals surface area (Å²) >= 11 is 29.6. The third-order valence-electron chi connectivity index (χ3n) is 24.9. The number of amides is 1. The summed E-state index contributed by atoms with van der Waals surface area (Å²) in [5.74, 6) is 6.71. The third-order valence-corrected chi connectivity index (χ3v) is 32.9. The first-order valence-electron chi connectivity index (χ1n) is 45.7. The van der Waals surface area contributed by atoms with Gasteiger partial charge in [-0.05, 0) is 218 Å². The summed E-state index contributed by atoms with van der Waals surface area (Å²) in [6.07, 6.45) is 13.5. The molecule has 31 nitrogen and oxygen atoms in total. The van der Waals surface area contributed by atoms with Crippen LogP contribution < -0.4 is 139 Å². The Bertz CT molecular complexity index is 5350. The maximum Gasteiger partial charge on any atom is 1.00 e. The number of nitrogens with two attached hydrogens (primary N) is 1. The molecule has 5 saturated carbocycles. The van der Waals surface area contributed by atoms with Crippen molar-refractivity contribution in [2.45, 2.75) is 136 Å². The van der Waals surface area contributed by atoms with Gasteiger partial charge in [0.1, 0.15) is 9.75 Å². The molecule has 14 heterocycles. The molecule has 138 heavy (non-hydrogen) atoms. The Hall–Kier alpha value is -3.85. The van der Waals surface area contributed by atoms with E-state index in [1.54, 1.807) is 62.9 Å². The van der Waals surface area contributed by atoms with Crippen LogP contribution in [0.2, 0.25) is 0 Å². The molecule has 8 atom stereocenters. The number of ether oxygens (including phenoxy) is 3. The molecule has 0 radical (unpaired) electrons. The number of benzene rings is 1. The Morgan fingerprint density at radius 1 is 0.652 bits per heavy atom. The minimum atomic E-state index is -0.878. The molecule has 44 heteroatoms. The van der Waals surface area contributed by atoms with Crippen LogP contribution in [-0.2, 0) is 66.0 Å². The van der Waals surface area contributed by atoms with Crippen LogP contribution in [-0.4, -0.2) is 257 Å². The van der Waals surface area contributed by atoms with Gasteiger partial charge in [-0.2, -0.15) is 31.9 Å². The van der Waals surface area contributed by atoms with E-state index in [0.29, 0.717) is 51.3 Å². The fourth-order valence-corrected chi connectivity index (χ4v) is 24.4. The Kier molecular flexibility index (Phi) is 55.3. The number of nitrogens with one attached hydrogen (secondary N) is 2. The number of aromatic carboxylic acids is 1. The first kappa shape index (κ1) is 121. The number of carboxylic acids is 1. The molecule has 9 fully saturated rings. The van der Waals surface area contributed by atoms with Crippen LogP contribution in [0.15, 0.2) is 118 Å². The monoisotopic (exact) mass is 2300 g/mol. The Labute approximate surface area is 957 Å². The average Bonchev–Trinajstić information content (AvgIpc) is 1.63. The van der Waals surface area contributed by atoms with Crippen LogP contribution in [0.25, 0.3) is 30.6 Å². The van der Waals surface area contributed by atoms with E-state index >= 15 is 0 Å². The normalized spacial score (nSPS) is 22.4. The van der Waals surface area contributed by atoms with Gasteiger partial charge in [-0.25, -0.2) is 14.5 Å². The quantitative estimate of drug-likeness (QED) is 0.00713. The number of anilines is 3. The molecule has 0 bridgehead atoms. The predicted molar refractivity (Wildman–Crippen MR) is 559 cm³/mol. The molecule has 4 saturated heterocycles. The van der Waals surface area contributed by atoms with Crippen molar-refractivity contribution >= 4 is 229 Å². The Balaban J connectivity index is 0.000000247. The molecule has 5 aliphatic carbocycles. The van der Waals surface area contributed by atoms with Crippen LogP contribution in [0.5, 0.6) is 0 Å². The van der Waals surface area contributed by atoms with Crippen molar-refractivity contribution in [3.05, 3.63) is 129 Å². The van der Waals surface area contributed by atoms with E-state index in [-0.39, 0.29) is 148 Å². The summed E-state index contributed by atoms with van der Waals surface area (Å²) in [5.41, 5.74) is 10.4. The first-order chi connectivity index (χ1) is 65.1. The molecule has 0 spiro atoms. The van der Waals surface area contributed by atoms with Gasteiger partial charge in [0.15, 0.2) is 35.8 Å². The van der Waals surface area contributed by atoms with Crippen molar-refractivity contribution in [1.82, 2.24) is 59.6 Å². The number of thiophene rings is 6. The van der Waals surface area contributed by atoms with Crippen molar-refractivity contribution in [3.63, 3.8) is 0 Å². The van der Waals surface area contributed by atoms with Crippen molar-refractivity contribution in [3.8, 4) is 6.07 Å². The molecular formula is C94H133Br3Cl2K2N19O12S6+. The van der Waals surface area contributed by atoms with Gasteiger partial charge in [0.25, 0.3) is 12.6 Å². The zero-order chi connectivity index (χ0) is 97.2. The number of carbonyl (C=O) groups is 6.